The highest BCUT2D eigenvalue weighted by atomic mass is 19.1. The Kier molecular flexibility index (Phi) is 4.70. The number of hydrogen-bond donors (Lipinski definition) is 0. The van der Waals surface area contributed by atoms with Crippen LogP contribution in [0.15, 0.2) is 36.4 Å². The molecule has 0 atom stereocenters. The van der Waals surface area contributed by atoms with E-state index in [4.69, 9.17) is 0 Å². The molecule has 1 amide bonds. The van der Waals surface area contributed by atoms with Crippen LogP contribution >= 0.6 is 0 Å². The maximum Gasteiger partial charge on any atom is 0.228 e. The summed E-state index contributed by atoms with van der Waals surface area (Å²) in [6, 6.07) is 10.0. The minimum absolute atomic E-state index is 0.185. The molecular weight excluding hydrogens is 319 g/mol. The number of carbonyl (C=O) groups is 1. The van der Waals surface area contributed by atoms with Crippen molar-refractivity contribution in [1.82, 2.24) is 15.1 Å². The standard InChI is InChI=1S/C19H23FN4O/c1-19(2,3)18(25)24-12-10-23(11-13-24)17-9-8-16(21-22-17)14-4-6-15(20)7-5-14/h4-9H,10-13H2,1-3H3. The number of halogens is 1. The molecule has 2 aromatic rings. The number of aromatic nitrogens is 2. The number of rotatable bonds is 2. The lowest BCUT2D eigenvalue weighted by molar-refractivity contribution is -0.139. The van der Waals surface area contributed by atoms with Gasteiger partial charge in [0.1, 0.15) is 5.82 Å². The van der Waals surface area contributed by atoms with Gasteiger partial charge in [-0.15, -0.1) is 10.2 Å². The van der Waals surface area contributed by atoms with Crippen LogP contribution in [0, 0.1) is 11.2 Å². The van der Waals surface area contributed by atoms with Crippen LogP contribution in [0.5, 0.6) is 0 Å². The number of hydrogen-bond acceptors (Lipinski definition) is 4. The molecule has 1 aromatic carbocycles. The number of benzene rings is 1. The van der Waals surface area contributed by atoms with Crippen molar-refractivity contribution in [2.45, 2.75) is 20.8 Å². The van der Waals surface area contributed by atoms with Crippen LogP contribution in [0.25, 0.3) is 11.3 Å². The van der Waals surface area contributed by atoms with Gasteiger partial charge in [0.2, 0.25) is 5.91 Å². The molecule has 132 valence electrons. The van der Waals surface area contributed by atoms with E-state index in [-0.39, 0.29) is 17.1 Å². The van der Waals surface area contributed by atoms with Crippen LogP contribution in [-0.2, 0) is 4.79 Å². The highest BCUT2D eigenvalue weighted by Crippen LogP contribution is 2.22. The van der Waals surface area contributed by atoms with E-state index in [0.29, 0.717) is 18.8 Å². The predicted octanol–water partition coefficient (Wildman–Crippen LogP) is 2.98. The Balaban J connectivity index is 1.64. The Bertz CT molecular complexity index is 730. The smallest absolute Gasteiger partial charge is 0.228 e. The maximum atomic E-state index is 13.0. The fourth-order valence-corrected chi connectivity index (χ4v) is 2.88. The Labute approximate surface area is 147 Å². The van der Waals surface area contributed by atoms with E-state index >= 15 is 0 Å². The minimum atomic E-state index is -0.348. The lowest BCUT2D eigenvalue weighted by Gasteiger charge is -2.38. The zero-order chi connectivity index (χ0) is 18.0. The monoisotopic (exact) mass is 342 g/mol. The summed E-state index contributed by atoms with van der Waals surface area (Å²) in [6.07, 6.45) is 0. The average Bonchev–Trinajstić information content (AvgIpc) is 2.61. The zero-order valence-electron chi connectivity index (χ0n) is 14.9. The van der Waals surface area contributed by atoms with Gasteiger partial charge in [0.15, 0.2) is 5.82 Å². The first-order valence-electron chi connectivity index (χ1n) is 8.48. The van der Waals surface area contributed by atoms with E-state index in [1.807, 2.05) is 37.8 Å². The summed E-state index contributed by atoms with van der Waals surface area (Å²) < 4.78 is 13.0. The third kappa shape index (κ3) is 3.95. The summed E-state index contributed by atoms with van der Waals surface area (Å²) in [5.74, 6) is 0.717. The van der Waals surface area contributed by atoms with E-state index in [0.717, 1.165) is 24.5 Å². The fraction of sp³-hybridized carbons (Fsp3) is 0.421. The fourth-order valence-electron chi connectivity index (χ4n) is 2.88. The molecule has 6 heteroatoms. The second-order valence-electron chi connectivity index (χ2n) is 7.31. The Morgan fingerprint density at radius 2 is 1.60 bits per heavy atom. The molecule has 1 aromatic heterocycles. The summed E-state index contributed by atoms with van der Waals surface area (Å²) >= 11 is 0. The van der Waals surface area contributed by atoms with Gasteiger partial charge in [-0.3, -0.25) is 4.79 Å². The maximum absolute atomic E-state index is 13.0. The molecule has 0 aliphatic carbocycles. The van der Waals surface area contributed by atoms with E-state index in [2.05, 4.69) is 15.1 Å². The average molecular weight is 342 g/mol. The van der Waals surface area contributed by atoms with E-state index in [9.17, 15) is 9.18 Å². The number of amides is 1. The number of nitrogens with zero attached hydrogens (tertiary/aromatic N) is 4. The first kappa shape index (κ1) is 17.3. The van der Waals surface area contributed by atoms with E-state index in [1.54, 1.807) is 12.1 Å². The summed E-state index contributed by atoms with van der Waals surface area (Å²) in [7, 11) is 0. The molecule has 1 aliphatic heterocycles. The number of piperazine rings is 1. The second kappa shape index (κ2) is 6.78. The predicted molar refractivity (Wildman–Crippen MR) is 95.7 cm³/mol. The molecule has 0 spiro atoms. The van der Waals surface area contributed by atoms with Gasteiger partial charge in [-0.05, 0) is 36.4 Å². The van der Waals surface area contributed by atoms with Crippen molar-refractivity contribution in [1.29, 1.82) is 0 Å². The molecule has 1 aliphatic rings. The van der Waals surface area contributed by atoms with Crippen LogP contribution in [-0.4, -0.2) is 47.2 Å². The van der Waals surface area contributed by atoms with Gasteiger partial charge in [0.25, 0.3) is 0 Å². The van der Waals surface area contributed by atoms with Gasteiger partial charge in [0, 0.05) is 37.2 Å². The van der Waals surface area contributed by atoms with Gasteiger partial charge >= 0.3 is 0 Å². The summed E-state index contributed by atoms with van der Waals surface area (Å²) in [6.45, 7) is 8.71. The summed E-state index contributed by atoms with van der Waals surface area (Å²) in [5, 5.41) is 8.55. The summed E-state index contributed by atoms with van der Waals surface area (Å²) in [4.78, 5) is 16.4. The van der Waals surface area contributed by atoms with E-state index in [1.165, 1.54) is 12.1 Å². The molecule has 0 saturated carbocycles. The third-order valence-electron chi connectivity index (χ3n) is 4.32. The van der Waals surface area contributed by atoms with Gasteiger partial charge in [-0.1, -0.05) is 20.8 Å². The van der Waals surface area contributed by atoms with E-state index < -0.39 is 0 Å². The first-order valence-corrected chi connectivity index (χ1v) is 8.48. The van der Waals surface area contributed by atoms with Gasteiger partial charge < -0.3 is 9.80 Å². The SMILES string of the molecule is CC(C)(C)C(=O)N1CCN(c2ccc(-c3ccc(F)cc3)nn2)CC1. The zero-order valence-corrected chi connectivity index (χ0v) is 14.9. The summed E-state index contributed by atoms with van der Waals surface area (Å²) in [5.41, 5.74) is 1.20. The highest BCUT2D eigenvalue weighted by molar-refractivity contribution is 5.81. The molecule has 1 fully saturated rings. The molecule has 2 heterocycles. The van der Waals surface area contributed by atoms with Crippen molar-refractivity contribution in [3.8, 4) is 11.3 Å². The molecule has 0 bridgehead atoms. The normalized spacial score (nSPS) is 15.4. The highest BCUT2D eigenvalue weighted by Gasteiger charge is 2.29. The number of carbonyl (C=O) groups excluding carboxylic acids is 1. The topological polar surface area (TPSA) is 49.3 Å². The second-order valence-corrected chi connectivity index (χ2v) is 7.31. The molecule has 3 rings (SSSR count). The largest absolute Gasteiger partial charge is 0.352 e. The molecule has 25 heavy (non-hydrogen) atoms. The molecule has 0 radical (unpaired) electrons. The van der Waals surface area contributed by atoms with Crippen molar-refractivity contribution < 1.29 is 9.18 Å². The molecular formula is C19H23FN4O. The number of anilines is 1. The quantitative estimate of drug-likeness (QED) is 0.842. The Morgan fingerprint density at radius 1 is 0.960 bits per heavy atom. The Hall–Kier alpha value is -2.50. The van der Waals surface area contributed by atoms with Crippen molar-refractivity contribution >= 4 is 11.7 Å². The van der Waals surface area contributed by atoms with Crippen molar-refractivity contribution in [3.63, 3.8) is 0 Å². The molecule has 1 saturated heterocycles. The van der Waals surface area contributed by atoms with Crippen LogP contribution in [0.3, 0.4) is 0 Å². The first-order chi connectivity index (χ1) is 11.8. The van der Waals surface area contributed by atoms with Crippen LogP contribution < -0.4 is 4.90 Å². The van der Waals surface area contributed by atoms with Gasteiger partial charge in [0.05, 0.1) is 5.69 Å². The van der Waals surface area contributed by atoms with Crippen molar-refractivity contribution in [2.75, 3.05) is 31.1 Å². The third-order valence-corrected chi connectivity index (χ3v) is 4.32. The Morgan fingerprint density at radius 3 is 2.12 bits per heavy atom. The van der Waals surface area contributed by atoms with Crippen LogP contribution in [0.4, 0.5) is 10.2 Å². The van der Waals surface area contributed by atoms with Crippen molar-refractivity contribution in [3.05, 3.63) is 42.2 Å². The van der Waals surface area contributed by atoms with Crippen LogP contribution in [0.2, 0.25) is 0 Å². The van der Waals surface area contributed by atoms with Gasteiger partial charge in [-0.25, -0.2) is 4.39 Å². The lowest BCUT2D eigenvalue weighted by Crippen LogP contribution is -2.51. The van der Waals surface area contributed by atoms with Crippen molar-refractivity contribution in [2.24, 2.45) is 5.41 Å². The lowest BCUT2D eigenvalue weighted by atomic mass is 9.94. The molecule has 0 N–H and O–H groups in total. The molecule has 5 nitrogen and oxygen atoms in total. The molecule has 0 unspecified atom stereocenters. The minimum Gasteiger partial charge on any atom is -0.352 e. The van der Waals surface area contributed by atoms with Gasteiger partial charge in [-0.2, -0.15) is 0 Å². The van der Waals surface area contributed by atoms with Crippen LogP contribution in [0.1, 0.15) is 20.8 Å².